The van der Waals surface area contributed by atoms with Gasteiger partial charge in [-0.05, 0) is 18.4 Å². The van der Waals surface area contributed by atoms with Crippen molar-refractivity contribution in [1.29, 1.82) is 0 Å². The summed E-state index contributed by atoms with van der Waals surface area (Å²) >= 11 is -1.54. The molecule has 0 radical (unpaired) electrons. The zero-order valence-corrected chi connectivity index (χ0v) is 20.1. The van der Waals surface area contributed by atoms with E-state index in [9.17, 15) is 9.00 Å². The highest BCUT2D eigenvalue weighted by molar-refractivity contribution is 7.84. The number of benzene rings is 1. The number of halogens is 1. The molecule has 35 heavy (non-hydrogen) atoms. The van der Waals surface area contributed by atoms with Crippen molar-refractivity contribution in [2.75, 3.05) is 18.4 Å². The van der Waals surface area contributed by atoms with Gasteiger partial charge in [-0.25, -0.2) is 12.9 Å². The molecule has 0 spiro atoms. The van der Waals surface area contributed by atoms with Crippen LogP contribution in [0.4, 0.5) is 10.2 Å². The van der Waals surface area contributed by atoms with Gasteiger partial charge < -0.3 is 9.26 Å². The highest BCUT2D eigenvalue weighted by Crippen LogP contribution is 2.30. The molecule has 1 atom stereocenters. The van der Waals surface area contributed by atoms with Gasteiger partial charge in [0.05, 0.1) is 18.4 Å². The Kier molecular flexibility index (Phi) is 6.70. The Hall–Kier alpha value is -3.42. The van der Waals surface area contributed by atoms with E-state index in [0.717, 1.165) is 36.9 Å². The molecule has 8 nitrogen and oxygen atoms in total. The summed E-state index contributed by atoms with van der Waals surface area (Å²) in [5, 5.41) is 3.72. The maximum Gasteiger partial charge on any atom is 0.255 e. The van der Waals surface area contributed by atoms with E-state index < -0.39 is 17.0 Å². The Labute approximate surface area is 204 Å². The topological polar surface area (TPSA) is 89.6 Å². The first-order valence-corrected chi connectivity index (χ1v) is 12.6. The zero-order chi connectivity index (χ0) is 24.4. The van der Waals surface area contributed by atoms with Crippen LogP contribution in [0, 0.1) is 23.6 Å². The average Bonchev–Trinajstić information content (AvgIpc) is 3.57. The molecule has 2 aliphatic rings. The third kappa shape index (κ3) is 4.88. The Balaban J connectivity index is 1.46. The first kappa shape index (κ1) is 23.3. The van der Waals surface area contributed by atoms with Crippen LogP contribution in [0.3, 0.4) is 0 Å². The smallest absolute Gasteiger partial charge is 0.255 e. The third-order valence-corrected chi connectivity index (χ3v) is 7.54. The maximum absolute atomic E-state index is 15.1. The monoisotopic (exact) mass is 496 g/mol. The number of fused-ring (bicyclic) bond motifs is 1. The largest absolute Gasteiger partial charge is 0.495 e. The van der Waals surface area contributed by atoms with E-state index in [1.807, 2.05) is 0 Å². The van der Waals surface area contributed by atoms with Gasteiger partial charge in [0.15, 0.2) is 17.0 Å². The van der Waals surface area contributed by atoms with Crippen molar-refractivity contribution in [3.63, 3.8) is 0 Å². The van der Waals surface area contributed by atoms with Gasteiger partial charge in [0.1, 0.15) is 17.8 Å². The second-order valence-corrected chi connectivity index (χ2v) is 9.80. The second-order valence-electron chi connectivity index (χ2n) is 8.58. The number of rotatable bonds is 5. The van der Waals surface area contributed by atoms with Gasteiger partial charge in [-0.3, -0.25) is 14.1 Å². The summed E-state index contributed by atoms with van der Waals surface area (Å²) in [4.78, 5) is 12.9. The Morgan fingerprint density at radius 2 is 2.09 bits per heavy atom. The van der Waals surface area contributed by atoms with Crippen LogP contribution in [0.2, 0.25) is 0 Å². The highest BCUT2D eigenvalue weighted by atomic mass is 32.2. The van der Waals surface area contributed by atoms with Crippen LogP contribution in [0.5, 0.6) is 5.75 Å². The summed E-state index contributed by atoms with van der Waals surface area (Å²) in [7, 11) is 1.49. The lowest BCUT2D eigenvalue weighted by Crippen LogP contribution is -2.38. The van der Waals surface area contributed by atoms with Crippen LogP contribution in [0.1, 0.15) is 42.5 Å². The molecule has 1 N–H and O–H groups in total. The molecule has 1 aromatic carbocycles. The lowest BCUT2D eigenvalue weighted by Gasteiger charge is -2.29. The van der Waals surface area contributed by atoms with Crippen molar-refractivity contribution in [3.05, 3.63) is 69.6 Å². The van der Waals surface area contributed by atoms with Crippen molar-refractivity contribution in [3.8, 4) is 23.3 Å². The summed E-state index contributed by atoms with van der Waals surface area (Å²) < 4.78 is 44.1. The number of nitrogens with zero attached hydrogens (tertiary/aromatic N) is 3. The van der Waals surface area contributed by atoms with E-state index >= 15 is 4.39 Å². The highest BCUT2D eigenvalue weighted by Gasteiger charge is 2.26. The van der Waals surface area contributed by atoms with E-state index in [1.54, 1.807) is 22.5 Å². The molecule has 2 aromatic heterocycles. The third-order valence-electron chi connectivity index (χ3n) is 6.37. The van der Waals surface area contributed by atoms with Crippen LogP contribution < -0.4 is 15.0 Å². The standard InChI is InChI=1S/C25H25FN4O4S/c1-33-23-14-18(7-6-17-4-2-3-5-17)20(26)15-22(23)30-21-10-12-29(16-19(21)8-9-25(30)31)35(32)28-24-11-13-34-27-24/h8-9,11,13-15,17H,2-5,10,12,16H2,1H3,(H,27,28). The van der Waals surface area contributed by atoms with E-state index in [4.69, 9.17) is 9.26 Å². The minimum Gasteiger partial charge on any atom is -0.495 e. The maximum atomic E-state index is 15.1. The van der Waals surface area contributed by atoms with Crippen LogP contribution in [0.15, 0.2) is 45.9 Å². The Morgan fingerprint density at radius 3 is 2.83 bits per heavy atom. The van der Waals surface area contributed by atoms with Crippen LogP contribution >= 0.6 is 0 Å². The quantitative estimate of drug-likeness (QED) is 0.546. The molecule has 1 fully saturated rings. The molecule has 3 aromatic rings. The average molecular weight is 497 g/mol. The summed E-state index contributed by atoms with van der Waals surface area (Å²) in [5.41, 5.74) is 1.85. The molecule has 0 bridgehead atoms. The molecule has 10 heteroatoms. The SMILES string of the molecule is COc1cc(C#CC2CCCC2)c(F)cc1-n1c2c(ccc1=O)CN(S(=O)Nc1ccon1)CC2. The molecule has 1 aliphatic carbocycles. The van der Waals surface area contributed by atoms with Crippen LogP contribution in [-0.2, 0) is 24.1 Å². The molecule has 0 saturated heterocycles. The van der Waals surface area contributed by atoms with Crippen LogP contribution in [0.25, 0.3) is 5.69 Å². The second kappa shape index (κ2) is 10.1. The predicted molar refractivity (Wildman–Crippen MR) is 130 cm³/mol. The molecule has 5 rings (SSSR count). The van der Waals surface area contributed by atoms with Gasteiger partial charge in [0, 0.05) is 55.4 Å². The van der Waals surface area contributed by atoms with Crippen molar-refractivity contribution < 1.29 is 17.9 Å². The molecule has 1 unspecified atom stereocenters. The molecule has 1 aliphatic heterocycles. The molecular weight excluding hydrogens is 471 g/mol. The van der Waals surface area contributed by atoms with Gasteiger partial charge in [0.2, 0.25) is 0 Å². The number of nitrogens with one attached hydrogen (secondary N) is 1. The first-order chi connectivity index (χ1) is 17.0. The number of aromatic nitrogens is 2. The number of hydrogen-bond donors (Lipinski definition) is 1. The normalized spacial score (nSPS) is 16.9. The fraction of sp³-hybridized carbons (Fsp3) is 0.360. The van der Waals surface area contributed by atoms with Gasteiger partial charge in [-0.1, -0.05) is 35.9 Å². The number of hydrogen-bond acceptors (Lipinski definition) is 5. The fourth-order valence-electron chi connectivity index (χ4n) is 4.59. The summed E-state index contributed by atoms with van der Waals surface area (Å²) in [6, 6.07) is 7.61. The predicted octanol–water partition coefficient (Wildman–Crippen LogP) is 3.56. The van der Waals surface area contributed by atoms with Crippen molar-refractivity contribution in [2.45, 2.75) is 38.6 Å². The lowest BCUT2D eigenvalue weighted by molar-refractivity contribution is 0.402. The van der Waals surface area contributed by atoms with Crippen molar-refractivity contribution in [2.24, 2.45) is 5.92 Å². The van der Waals surface area contributed by atoms with E-state index in [0.29, 0.717) is 42.7 Å². The molecule has 0 amide bonds. The van der Waals surface area contributed by atoms with Crippen molar-refractivity contribution in [1.82, 2.24) is 14.0 Å². The zero-order valence-electron chi connectivity index (χ0n) is 19.3. The Bertz CT molecular complexity index is 1370. The van der Waals surface area contributed by atoms with E-state index in [2.05, 4.69) is 21.7 Å². The summed E-state index contributed by atoms with van der Waals surface area (Å²) in [6.45, 7) is 0.756. The van der Waals surface area contributed by atoms with E-state index in [1.165, 1.54) is 30.1 Å². The van der Waals surface area contributed by atoms with Gasteiger partial charge in [0.25, 0.3) is 5.56 Å². The fourth-order valence-corrected chi connectivity index (χ4v) is 5.51. The molecular formula is C25H25FN4O4S. The minimum atomic E-state index is -1.54. The van der Waals surface area contributed by atoms with Gasteiger partial charge >= 0.3 is 0 Å². The summed E-state index contributed by atoms with van der Waals surface area (Å²) in [6.07, 6.45) is 6.24. The number of methoxy groups -OCH3 is 1. The summed E-state index contributed by atoms with van der Waals surface area (Å²) in [5.74, 6) is 6.70. The molecule has 3 heterocycles. The number of anilines is 1. The van der Waals surface area contributed by atoms with Crippen molar-refractivity contribution >= 4 is 17.0 Å². The van der Waals surface area contributed by atoms with Gasteiger partial charge in [-0.2, -0.15) is 0 Å². The van der Waals surface area contributed by atoms with Gasteiger partial charge in [-0.15, -0.1) is 0 Å². The Morgan fingerprint density at radius 1 is 1.26 bits per heavy atom. The molecule has 182 valence electrons. The van der Waals surface area contributed by atoms with Crippen LogP contribution in [-0.4, -0.2) is 31.9 Å². The minimum absolute atomic E-state index is 0.260. The molecule has 1 saturated carbocycles. The lowest BCUT2D eigenvalue weighted by atomic mass is 10.0. The van der Waals surface area contributed by atoms with E-state index in [-0.39, 0.29) is 11.1 Å². The number of pyridine rings is 1. The first-order valence-electron chi connectivity index (χ1n) is 11.5. The number of ether oxygens (including phenoxy) is 1.